The first-order valence-electron chi connectivity index (χ1n) is 10.7. The summed E-state index contributed by atoms with van der Waals surface area (Å²) in [6.45, 7) is 10.2. The van der Waals surface area contributed by atoms with Gasteiger partial charge < -0.3 is 20.7 Å². The zero-order valence-electron chi connectivity index (χ0n) is 18.9. The molecular weight excluding hydrogens is 428 g/mol. The van der Waals surface area contributed by atoms with E-state index in [0.29, 0.717) is 10.6 Å². The number of esters is 1. The lowest BCUT2D eigenvalue weighted by Crippen LogP contribution is -2.53. The maximum atomic E-state index is 12.8. The minimum absolute atomic E-state index is 0.191. The average molecular weight is 459 g/mol. The van der Waals surface area contributed by atoms with E-state index in [0.717, 1.165) is 31.0 Å². The molecule has 1 atom stereocenters. The molecule has 0 spiro atoms. The monoisotopic (exact) mass is 458 g/mol. The summed E-state index contributed by atoms with van der Waals surface area (Å²) in [5.41, 5.74) is 8.45. The molecule has 1 fully saturated rings. The highest BCUT2D eigenvalue weighted by atomic mass is 32.1. The highest BCUT2D eigenvalue weighted by Gasteiger charge is 2.28. The quantitative estimate of drug-likeness (QED) is 0.618. The van der Waals surface area contributed by atoms with Crippen molar-refractivity contribution in [3.8, 4) is 0 Å². The Bertz CT molecular complexity index is 1000. The number of nitrogens with one attached hydrogen (secondary N) is 1. The van der Waals surface area contributed by atoms with Gasteiger partial charge in [0.2, 0.25) is 5.91 Å². The van der Waals surface area contributed by atoms with E-state index in [1.165, 1.54) is 11.3 Å². The highest BCUT2D eigenvalue weighted by Crippen LogP contribution is 2.33. The maximum absolute atomic E-state index is 12.8. The Kier molecular flexibility index (Phi) is 7.52. The van der Waals surface area contributed by atoms with Gasteiger partial charge in [0.25, 0.3) is 5.91 Å². The number of rotatable bonds is 7. The third kappa shape index (κ3) is 5.28. The van der Waals surface area contributed by atoms with Gasteiger partial charge in [-0.1, -0.05) is 17.7 Å². The van der Waals surface area contributed by atoms with Gasteiger partial charge in [-0.3, -0.25) is 14.5 Å². The van der Waals surface area contributed by atoms with Crippen LogP contribution in [-0.2, 0) is 9.53 Å². The molecule has 1 aliphatic rings. The minimum atomic E-state index is -0.639. The molecule has 2 aromatic rings. The number of hydrogen-bond acceptors (Lipinski definition) is 7. The second-order valence-corrected chi connectivity index (χ2v) is 9.03. The molecule has 0 unspecified atom stereocenters. The fourth-order valence-electron chi connectivity index (χ4n) is 3.95. The van der Waals surface area contributed by atoms with Crippen molar-refractivity contribution >= 4 is 39.8 Å². The second-order valence-electron chi connectivity index (χ2n) is 8.01. The van der Waals surface area contributed by atoms with Crippen molar-refractivity contribution in [2.75, 3.05) is 43.0 Å². The van der Waals surface area contributed by atoms with Gasteiger partial charge in [0.15, 0.2) is 0 Å². The SMILES string of the molecule is CCOC(=O)c1c(NC(=O)CN2CCN(c3ccc(C)cc3)[C@@H](C)C2)sc(C(N)=O)c1C. The smallest absolute Gasteiger partial charge is 0.341 e. The van der Waals surface area contributed by atoms with Crippen LogP contribution in [0.3, 0.4) is 0 Å². The number of anilines is 2. The number of ether oxygens (including phenoxy) is 1. The molecule has 0 saturated carbocycles. The Labute approximate surface area is 192 Å². The zero-order chi connectivity index (χ0) is 23.4. The lowest BCUT2D eigenvalue weighted by molar-refractivity contribution is -0.117. The fourth-order valence-corrected chi connectivity index (χ4v) is 5.01. The number of amides is 2. The van der Waals surface area contributed by atoms with Gasteiger partial charge >= 0.3 is 5.97 Å². The average Bonchev–Trinajstić information content (AvgIpc) is 3.05. The van der Waals surface area contributed by atoms with E-state index < -0.39 is 11.9 Å². The van der Waals surface area contributed by atoms with Crippen molar-refractivity contribution in [2.24, 2.45) is 5.73 Å². The summed E-state index contributed by atoms with van der Waals surface area (Å²) < 4.78 is 5.10. The Morgan fingerprint density at radius 1 is 1.19 bits per heavy atom. The number of thiophene rings is 1. The maximum Gasteiger partial charge on any atom is 0.341 e. The Hall–Kier alpha value is -2.91. The summed E-state index contributed by atoms with van der Waals surface area (Å²) in [5.74, 6) is -1.47. The largest absolute Gasteiger partial charge is 0.462 e. The van der Waals surface area contributed by atoms with Crippen molar-refractivity contribution in [3.63, 3.8) is 0 Å². The predicted molar refractivity (Wildman–Crippen MR) is 127 cm³/mol. The van der Waals surface area contributed by atoms with Crippen molar-refractivity contribution in [3.05, 3.63) is 45.8 Å². The topological polar surface area (TPSA) is 105 Å². The van der Waals surface area contributed by atoms with Crippen LogP contribution in [0, 0.1) is 13.8 Å². The first-order valence-corrected chi connectivity index (χ1v) is 11.5. The fraction of sp³-hybridized carbons (Fsp3) is 0.435. The molecule has 32 heavy (non-hydrogen) atoms. The van der Waals surface area contributed by atoms with E-state index in [-0.39, 0.29) is 35.5 Å². The molecule has 2 heterocycles. The van der Waals surface area contributed by atoms with Gasteiger partial charge in [0, 0.05) is 31.4 Å². The van der Waals surface area contributed by atoms with Crippen LogP contribution in [0.15, 0.2) is 24.3 Å². The van der Waals surface area contributed by atoms with Gasteiger partial charge in [-0.05, 0) is 45.4 Å². The van der Waals surface area contributed by atoms with Crippen LogP contribution >= 0.6 is 11.3 Å². The van der Waals surface area contributed by atoms with Crippen molar-refractivity contribution < 1.29 is 19.1 Å². The molecule has 3 rings (SSSR count). The van der Waals surface area contributed by atoms with Crippen LogP contribution in [0.5, 0.6) is 0 Å². The van der Waals surface area contributed by atoms with Crippen molar-refractivity contribution in [1.29, 1.82) is 0 Å². The first kappa shape index (κ1) is 23.7. The Morgan fingerprint density at radius 3 is 2.47 bits per heavy atom. The van der Waals surface area contributed by atoms with E-state index >= 15 is 0 Å². The number of benzene rings is 1. The number of primary amides is 1. The number of aryl methyl sites for hydroxylation is 1. The number of carbonyl (C=O) groups is 3. The molecule has 1 aromatic carbocycles. The van der Waals surface area contributed by atoms with Crippen LogP contribution in [-0.4, -0.2) is 61.5 Å². The van der Waals surface area contributed by atoms with E-state index in [4.69, 9.17) is 10.5 Å². The number of nitrogens with zero attached hydrogens (tertiary/aromatic N) is 2. The number of nitrogens with two attached hydrogens (primary N) is 1. The molecule has 0 radical (unpaired) electrons. The second kappa shape index (κ2) is 10.1. The normalized spacial score (nSPS) is 16.6. The molecular formula is C23H30N4O4S. The van der Waals surface area contributed by atoms with E-state index in [1.54, 1.807) is 13.8 Å². The summed E-state index contributed by atoms with van der Waals surface area (Å²) >= 11 is 1.00. The molecule has 1 saturated heterocycles. The highest BCUT2D eigenvalue weighted by molar-refractivity contribution is 7.18. The summed E-state index contributed by atoms with van der Waals surface area (Å²) in [6.07, 6.45) is 0. The van der Waals surface area contributed by atoms with Gasteiger partial charge in [-0.2, -0.15) is 0 Å². The Balaban J connectivity index is 1.66. The molecule has 1 aliphatic heterocycles. The van der Waals surface area contributed by atoms with E-state index in [2.05, 4.69) is 53.2 Å². The summed E-state index contributed by atoms with van der Waals surface area (Å²) in [7, 11) is 0. The minimum Gasteiger partial charge on any atom is -0.462 e. The van der Waals surface area contributed by atoms with Crippen LogP contribution in [0.4, 0.5) is 10.7 Å². The van der Waals surface area contributed by atoms with Crippen LogP contribution < -0.4 is 16.0 Å². The first-order chi connectivity index (χ1) is 15.2. The Morgan fingerprint density at radius 2 is 1.88 bits per heavy atom. The van der Waals surface area contributed by atoms with E-state index in [9.17, 15) is 14.4 Å². The van der Waals surface area contributed by atoms with Crippen LogP contribution in [0.2, 0.25) is 0 Å². The lowest BCUT2D eigenvalue weighted by atomic mass is 10.1. The zero-order valence-corrected chi connectivity index (χ0v) is 19.8. The molecule has 172 valence electrons. The van der Waals surface area contributed by atoms with Crippen LogP contribution in [0.1, 0.15) is 45.0 Å². The molecule has 2 amide bonds. The van der Waals surface area contributed by atoms with Crippen LogP contribution in [0.25, 0.3) is 0 Å². The molecule has 9 heteroatoms. The van der Waals surface area contributed by atoms with Crippen molar-refractivity contribution in [2.45, 2.75) is 33.7 Å². The molecule has 1 aromatic heterocycles. The van der Waals surface area contributed by atoms with Gasteiger partial charge in [-0.25, -0.2) is 4.79 Å². The molecule has 0 aliphatic carbocycles. The van der Waals surface area contributed by atoms with E-state index in [1.807, 2.05) is 0 Å². The number of piperazine rings is 1. The number of carbonyl (C=O) groups excluding carboxylic acids is 3. The third-order valence-electron chi connectivity index (χ3n) is 5.55. The third-order valence-corrected chi connectivity index (χ3v) is 6.77. The molecule has 3 N–H and O–H groups in total. The molecule has 0 bridgehead atoms. The molecule has 8 nitrogen and oxygen atoms in total. The van der Waals surface area contributed by atoms with Gasteiger partial charge in [0.05, 0.1) is 23.6 Å². The lowest BCUT2D eigenvalue weighted by Gasteiger charge is -2.41. The summed E-state index contributed by atoms with van der Waals surface area (Å²) in [4.78, 5) is 41.6. The standard InChI is InChI=1S/C23H30N4O4S/c1-5-31-23(30)19-16(4)20(21(24)29)32-22(19)25-18(28)13-26-10-11-27(15(3)12-26)17-8-6-14(2)7-9-17/h6-9,15H,5,10-13H2,1-4H3,(H2,24,29)(H,25,28)/t15-/m0/s1. The van der Waals surface area contributed by atoms with Crippen molar-refractivity contribution in [1.82, 2.24) is 4.90 Å². The summed E-state index contributed by atoms with van der Waals surface area (Å²) in [5, 5.41) is 3.09. The predicted octanol–water partition coefficient (Wildman–Crippen LogP) is 2.79. The van der Waals surface area contributed by atoms with Gasteiger partial charge in [0.1, 0.15) is 5.00 Å². The van der Waals surface area contributed by atoms with Gasteiger partial charge in [-0.15, -0.1) is 11.3 Å². The summed E-state index contributed by atoms with van der Waals surface area (Å²) in [6, 6.07) is 8.71. The number of hydrogen-bond donors (Lipinski definition) is 2.